The Hall–Kier alpha value is -1.17. The Bertz CT molecular complexity index is 330. The van der Waals surface area contributed by atoms with Crippen LogP contribution in [0, 0.1) is 0 Å². The molecular weight excluding hydrogens is 256 g/mol. The predicted molar refractivity (Wildman–Crippen MR) is 79.0 cm³/mol. The zero-order valence-corrected chi connectivity index (χ0v) is 12.6. The monoisotopic (exact) mass is 282 g/mol. The highest BCUT2D eigenvalue weighted by Gasteiger charge is 1.97. The molecule has 0 fully saturated rings. The van der Waals surface area contributed by atoms with Gasteiger partial charge < -0.3 is 19.5 Å². The average molecular weight is 282 g/mol. The second-order valence-corrected chi connectivity index (χ2v) is 4.49. The lowest BCUT2D eigenvalue weighted by atomic mass is 10.3. The molecule has 5 heteroatoms. The molecule has 1 aromatic heterocycles. The van der Waals surface area contributed by atoms with E-state index in [4.69, 9.17) is 14.2 Å². The van der Waals surface area contributed by atoms with E-state index in [1.165, 1.54) is 5.56 Å². The molecule has 0 unspecified atom stereocenters. The van der Waals surface area contributed by atoms with Crippen LogP contribution in [0.5, 0.6) is 5.88 Å². The van der Waals surface area contributed by atoms with Gasteiger partial charge in [0, 0.05) is 38.9 Å². The van der Waals surface area contributed by atoms with Gasteiger partial charge in [-0.1, -0.05) is 13.0 Å². The smallest absolute Gasteiger partial charge is 0.213 e. The van der Waals surface area contributed by atoms with Crippen molar-refractivity contribution in [3.8, 4) is 5.88 Å². The molecular formula is C15H26N2O3. The lowest BCUT2D eigenvalue weighted by Gasteiger charge is -2.07. The Balaban J connectivity index is 2.08. The predicted octanol–water partition coefficient (Wildman–Crippen LogP) is 2.01. The molecule has 0 bridgehead atoms. The first kappa shape index (κ1) is 16.9. The van der Waals surface area contributed by atoms with Gasteiger partial charge in [-0.25, -0.2) is 4.98 Å². The fourth-order valence-corrected chi connectivity index (χ4v) is 1.59. The van der Waals surface area contributed by atoms with Gasteiger partial charge in [0.25, 0.3) is 0 Å². The topological polar surface area (TPSA) is 52.6 Å². The molecule has 1 N–H and O–H groups in total. The Morgan fingerprint density at radius 1 is 1.15 bits per heavy atom. The zero-order valence-electron chi connectivity index (χ0n) is 12.6. The Morgan fingerprint density at radius 3 is 2.75 bits per heavy atom. The summed E-state index contributed by atoms with van der Waals surface area (Å²) in [6.07, 6.45) is 3.85. The quantitative estimate of drug-likeness (QED) is 0.594. The fourth-order valence-electron chi connectivity index (χ4n) is 1.59. The maximum absolute atomic E-state index is 5.55. The number of nitrogens with zero attached hydrogens (tertiary/aromatic N) is 1. The Kier molecular flexibility index (Phi) is 9.83. The van der Waals surface area contributed by atoms with E-state index in [1.54, 1.807) is 7.11 Å². The van der Waals surface area contributed by atoms with Crippen LogP contribution < -0.4 is 10.1 Å². The van der Waals surface area contributed by atoms with Crippen molar-refractivity contribution in [3.05, 3.63) is 23.9 Å². The zero-order chi connectivity index (χ0) is 14.5. The minimum atomic E-state index is 0.618. The third kappa shape index (κ3) is 8.09. The Morgan fingerprint density at radius 2 is 2.05 bits per heavy atom. The molecule has 5 nitrogen and oxygen atoms in total. The lowest BCUT2D eigenvalue weighted by Crippen LogP contribution is -2.13. The number of nitrogens with one attached hydrogen (secondary N) is 1. The van der Waals surface area contributed by atoms with Crippen molar-refractivity contribution in [2.24, 2.45) is 0 Å². The average Bonchev–Trinajstić information content (AvgIpc) is 2.48. The van der Waals surface area contributed by atoms with Crippen molar-refractivity contribution in [1.82, 2.24) is 10.3 Å². The van der Waals surface area contributed by atoms with Crippen molar-refractivity contribution in [2.75, 3.05) is 40.1 Å². The largest absolute Gasteiger partial charge is 0.478 e. The maximum atomic E-state index is 5.55. The molecule has 114 valence electrons. The molecule has 0 amide bonds. The molecule has 0 radical (unpaired) electrons. The van der Waals surface area contributed by atoms with Crippen LogP contribution in [-0.2, 0) is 16.0 Å². The molecule has 0 aliphatic rings. The van der Waals surface area contributed by atoms with E-state index >= 15 is 0 Å². The van der Waals surface area contributed by atoms with Gasteiger partial charge in [0.05, 0.1) is 19.8 Å². The highest BCUT2D eigenvalue weighted by molar-refractivity contribution is 5.17. The van der Waals surface area contributed by atoms with Crippen LogP contribution in [-0.4, -0.2) is 45.1 Å². The van der Waals surface area contributed by atoms with Crippen LogP contribution >= 0.6 is 0 Å². The first-order chi connectivity index (χ1) is 9.86. The standard InChI is InChI=1S/C15H26N2O3/c1-3-7-16-12-14-5-6-15(17-13-14)20-9-4-8-19-11-10-18-2/h5-6,13,16H,3-4,7-12H2,1-2H3. The minimum Gasteiger partial charge on any atom is -0.478 e. The van der Waals surface area contributed by atoms with Gasteiger partial charge in [-0.3, -0.25) is 0 Å². The second kappa shape index (κ2) is 11.6. The van der Waals surface area contributed by atoms with E-state index in [9.17, 15) is 0 Å². The molecule has 0 saturated heterocycles. The van der Waals surface area contributed by atoms with Gasteiger partial charge in [0.1, 0.15) is 0 Å². The highest BCUT2D eigenvalue weighted by Crippen LogP contribution is 2.07. The van der Waals surface area contributed by atoms with Crippen LogP contribution in [0.15, 0.2) is 18.3 Å². The van der Waals surface area contributed by atoms with E-state index in [0.29, 0.717) is 32.3 Å². The van der Waals surface area contributed by atoms with Crippen LogP contribution in [0.25, 0.3) is 0 Å². The van der Waals surface area contributed by atoms with Gasteiger partial charge in [0.15, 0.2) is 0 Å². The molecule has 0 aliphatic heterocycles. The summed E-state index contributed by atoms with van der Waals surface area (Å²) < 4.78 is 15.8. The minimum absolute atomic E-state index is 0.618. The number of aromatic nitrogens is 1. The van der Waals surface area contributed by atoms with E-state index in [-0.39, 0.29) is 0 Å². The van der Waals surface area contributed by atoms with Crippen molar-refractivity contribution < 1.29 is 14.2 Å². The van der Waals surface area contributed by atoms with E-state index in [1.807, 2.05) is 18.3 Å². The summed E-state index contributed by atoms with van der Waals surface area (Å²) >= 11 is 0. The summed E-state index contributed by atoms with van der Waals surface area (Å²) in [4.78, 5) is 4.28. The number of hydrogen-bond acceptors (Lipinski definition) is 5. The number of methoxy groups -OCH3 is 1. The summed E-state index contributed by atoms with van der Waals surface area (Å²) in [5.41, 5.74) is 1.17. The lowest BCUT2D eigenvalue weighted by molar-refractivity contribution is 0.0642. The van der Waals surface area contributed by atoms with E-state index in [2.05, 4.69) is 17.2 Å². The van der Waals surface area contributed by atoms with Gasteiger partial charge in [0.2, 0.25) is 5.88 Å². The van der Waals surface area contributed by atoms with E-state index in [0.717, 1.165) is 25.9 Å². The number of pyridine rings is 1. The summed E-state index contributed by atoms with van der Waals surface area (Å²) in [5.74, 6) is 0.668. The van der Waals surface area contributed by atoms with Crippen molar-refractivity contribution in [1.29, 1.82) is 0 Å². The Labute approximate surface area is 121 Å². The molecule has 0 spiro atoms. The van der Waals surface area contributed by atoms with Gasteiger partial charge in [-0.15, -0.1) is 0 Å². The number of rotatable bonds is 12. The van der Waals surface area contributed by atoms with Crippen LogP contribution in [0.3, 0.4) is 0 Å². The van der Waals surface area contributed by atoms with Gasteiger partial charge in [-0.2, -0.15) is 0 Å². The molecule has 1 aromatic rings. The SMILES string of the molecule is CCCNCc1ccc(OCCCOCCOC)nc1. The first-order valence-electron chi connectivity index (χ1n) is 7.22. The van der Waals surface area contributed by atoms with E-state index < -0.39 is 0 Å². The third-order valence-corrected chi connectivity index (χ3v) is 2.67. The highest BCUT2D eigenvalue weighted by atomic mass is 16.5. The molecule has 1 rings (SSSR count). The molecule has 0 aliphatic carbocycles. The van der Waals surface area contributed by atoms with Gasteiger partial charge >= 0.3 is 0 Å². The first-order valence-corrected chi connectivity index (χ1v) is 7.22. The third-order valence-electron chi connectivity index (χ3n) is 2.67. The van der Waals surface area contributed by atoms with Crippen LogP contribution in [0.4, 0.5) is 0 Å². The molecule has 1 heterocycles. The molecule has 0 saturated carbocycles. The van der Waals surface area contributed by atoms with Crippen molar-refractivity contribution >= 4 is 0 Å². The summed E-state index contributed by atoms with van der Waals surface area (Å²) in [6.45, 7) is 6.61. The molecule has 0 aromatic carbocycles. The normalized spacial score (nSPS) is 10.7. The summed E-state index contributed by atoms with van der Waals surface area (Å²) in [7, 11) is 1.67. The summed E-state index contributed by atoms with van der Waals surface area (Å²) in [5, 5.41) is 3.34. The van der Waals surface area contributed by atoms with Crippen molar-refractivity contribution in [3.63, 3.8) is 0 Å². The van der Waals surface area contributed by atoms with Crippen LogP contribution in [0.2, 0.25) is 0 Å². The number of hydrogen-bond donors (Lipinski definition) is 1. The molecule has 0 atom stereocenters. The molecule has 20 heavy (non-hydrogen) atoms. The van der Waals surface area contributed by atoms with Crippen LogP contribution in [0.1, 0.15) is 25.3 Å². The van der Waals surface area contributed by atoms with Crippen molar-refractivity contribution in [2.45, 2.75) is 26.3 Å². The second-order valence-electron chi connectivity index (χ2n) is 4.49. The fraction of sp³-hybridized carbons (Fsp3) is 0.667. The number of ether oxygens (including phenoxy) is 3. The van der Waals surface area contributed by atoms with Gasteiger partial charge in [-0.05, 0) is 18.5 Å². The maximum Gasteiger partial charge on any atom is 0.213 e. The summed E-state index contributed by atoms with van der Waals surface area (Å²) in [6, 6.07) is 3.95.